The minimum atomic E-state index is -1.08. The minimum absolute atomic E-state index is 0. The summed E-state index contributed by atoms with van der Waals surface area (Å²) < 4.78 is 0. The van der Waals surface area contributed by atoms with Crippen molar-refractivity contribution in [2.75, 3.05) is 0 Å². The van der Waals surface area contributed by atoms with Gasteiger partial charge in [0, 0.05) is 35.5 Å². The Morgan fingerprint density at radius 1 is 0.786 bits per heavy atom. The van der Waals surface area contributed by atoms with Gasteiger partial charge in [-0.15, -0.1) is 0 Å². The van der Waals surface area contributed by atoms with Gasteiger partial charge in [0.15, 0.2) is 0 Å². The molecule has 1 saturated carbocycles. The fraction of sp³-hybridized carbons (Fsp3) is 0.515. The molecule has 2 atom stereocenters. The number of carboxylic acid groups (broad SMARTS) is 2. The molecule has 233 valence electrons. The summed E-state index contributed by atoms with van der Waals surface area (Å²) >= 11 is 0. The number of aromatic hydroxyl groups is 2. The third-order valence-electron chi connectivity index (χ3n) is 6.29. The second kappa shape index (κ2) is 19.1. The van der Waals surface area contributed by atoms with Gasteiger partial charge in [0.25, 0.3) is 0 Å². The summed E-state index contributed by atoms with van der Waals surface area (Å²) in [5, 5.41) is 38.7. The number of hydrogen-bond donors (Lipinski definition) is 2. The molecule has 2 aromatic rings. The Labute approximate surface area is 261 Å². The van der Waals surface area contributed by atoms with Crippen LogP contribution in [0.1, 0.15) is 94.2 Å². The van der Waals surface area contributed by atoms with Crippen LogP contribution in [-0.2, 0) is 39.2 Å². The Balaban J connectivity index is 0.00000166. The van der Waals surface area contributed by atoms with Crippen LogP contribution in [0.2, 0.25) is 0 Å². The average molecular weight is 626 g/mol. The maximum Gasteiger partial charge on any atom is 2.00 e. The number of hydrogen-bond acceptors (Lipinski definition) is 8. The summed E-state index contributed by atoms with van der Waals surface area (Å²) in [5.74, 6) is -0.375. The number of nitrogens with zero attached hydrogens (tertiary/aromatic N) is 2. The maximum atomic E-state index is 10.5. The van der Waals surface area contributed by atoms with Crippen molar-refractivity contribution in [2.24, 2.45) is 21.8 Å². The van der Waals surface area contributed by atoms with Gasteiger partial charge >= 0.3 is 16.8 Å². The van der Waals surface area contributed by atoms with E-state index < -0.39 is 11.9 Å². The van der Waals surface area contributed by atoms with Gasteiger partial charge in [0.1, 0.15) is 11.5 Å². The van der Waals surface area contributed by atoms with Crippen LogP contribution in [0.3, 0.4) is 0 Å². The van der Waals surface area contributed by atoms with Crippen LogP contribution in [0.25, 0.3) is 0 Å². The van der Waals surface area contributed by atoms with Gasteiger partial charge in [-0.1, -0.05) is 39.8 Å². The molecule has 9 heteroatoms. The molecule has 0 heterocycles. The van der Waals surface area contributed by atoms with Crippen LogP contribution in [0.4, 0.5) is 0 Å². The van der Waals surface area contributed by atoms with Crippen LogP contribution >= 0.6 is 0 Å². The molecule has 0 aliphatic heterocycles. The molecule has 42 heavy (non-hydrogen) atoms. The molecule has 2 unspecified atom stereocenters. The summed E-state index contributed by atoms with van der Waals surface area (Å²) in [5.41, 5.74) is 5.90. The molecule has 1 aliphatic carbocycles. The molecule has 8 nitrogen and oxygen atoms in total. The summed E-state index contributed by atoms with van der Waals surface area (Å²) in [6.07, 6.45) is 8.54. The van der Waals surface area contributed by atoms with Crippen LogP contribution in [-0.4, -0.2) is 46.7 Å². The second-order valence-electron chi connectivity index (χ2n) is 11.6. The predicted octanol–water partition coefficient (Wildman–Crippen LogP) is 4.08. The van der Waals surface area contributed by atoms with Gasteiger partial charge in [0.2, 0.25) is 0 Å². The van der Waals surface area contributed by atoms with Crippen LogP contribution in [0.15, 0.2) is 34.3 Å². The largest absolute Gasteiger partial charge is 2.00 e. The number of phenols is 2. The molecule has 3 rings (SSSR count). The van der Waals surface area contributed by atoms with E-state index >= 15 is 0 Å². The van der Waals surface area contributed by atoms with Gasteiger partial charge in [0.05, 0.1) is 12.1 Å². The van der Waals surface area contributed by atoms with Crippen molar-refractivity contribution in [1.82, 2.24) is 0 Å². The van der Waals surface area contributed by atoms with E-state index in [0.717, 1.165) is 68.2 Å². The number of aliphatic imine (C=N–C) groups is 2. The van der Waals surface area contributed by atoms with Gasteiger partial charge in [-0.2, -0.15) is 0 Å². The Hall–Kier alpha value is -3.17. The fourth-order valence-corrected chi connectivity index (χ4v) is 4.72. The topological polar surface area (TPSA) is 145 Å². The first kappa shape index (κ1) is 38.8. The quantitative estimate of drug-likeness (QED) is 0.423. The van der Waals surface area contributed by atoms with Crippen LogP contribution in [0, 0.1) is 25.7 Å². The van der Waals surface area contributed by atoms with Gasteiger partial charge < -0.3 is 30.0 Å². The van der Waals surface area contributed by atoms with Gasteiger partial charge in [-0.3, -0.25) is 9.98 Å². The standard InChI is InChI=1S/C29H40N2O2.2C2H4O2.Co/c1-18(2)9-22-11-20(5)28(32)24(13-22)16-30-26-7-8-27(15-26)31-17-25-14-23(10-19(3)4)12-21(6)29(25)33;2*1-2(3)4;/h11-14,16-19,26-27,32-33H,7-10,15H2,1-6H3;2*1H3,(H,3,4);/q;;;+2/p-2. The molecule has 0 aromatic heterocycles. The van der Waals surface area contributed by atoms with Crippen molar-refractivity contribution < 1.29 is 46.8 Å². The predicted molar refractivity (Wildman–Crippen MR) is 161 cm³/mol. The van der Waals surface area contributed by atoms with Crippen LogP contribution < -0.4 is 10.2 Å². The molecule has 2 aromatic carbocycles. The molecule has 1 fully saturated rings. The maximum absolute atomic E-state index is 10.5. The molecule has 0 spiro atoms. The fourth-order valence-electron chi connectivity index (χ4n) is 4.72. The second-order valence-corrected chi connectivity index (χ2v) is 11.6. The Morgan fingerprint density at radius 2 is 1.10 bits per heavy atom. The Kier molecular flexibility index (Phi) is 17.7. The number of rotatable bonds is 8. The van der Waals surface area contributed by atoms with Crippen molar-refractivity contribution in [1.29, 1.82) is 0 Å². The zero-order valence-electron chi connectivity index (χ0n) is 26.1. The van der Waals surface area contributed by atoms with E-state index in [-0.39, 0.29) is 28.9 Å². The van der Waals surface area contributed by atoms with E-state index in [2.05, 4.69) is 52.0 Å². The average Bonchev–Trinajstić information content (AvgIpc) is 3.28. The molecule has 1 aliphatic rings. The number of benzene rings is 2. The normalized spacial score (nSPS) is 16.1. The Morgan fingerprint density at radius 3 is 1.38 bits per heavy atom. The summed E-state index contributed by atoms with van der Waals surface area (Å²) in [4.78, 5) is 27.4. The number of aliphatic carboxylic acids is 2. The zero-order valence-corrected chi connectivity index (χ0v) is 27.1. The summed E-state index contributed by atoms with van der Waals surface area (Å²) in [6, 6.07) is 8.68. The van der Waals surface area contributed by atoms with Crippen molar-refractivity contribution >= 4 is 24.4 Å². The first-order valence-corrected chi connectivity index (χ1v) is 14.1. The zero-order chi connectivity index (χ0) is 31.3. The van der Waals surface area contributed by atoms with Crippen molar-refractivity contribution in [3.8, 4) is 11.5 Å². The number of carboxylic acids is 2. The van der Waals surface area contributed by atoms with E-state index in [1.165, 1.54) is 11.1 Å². The Bertz CT molecular complexity index is 1120. The first-order chi connectivity index (χ1) is 19.1. The number of aryl methyl sites for hydroxylation is 2. The minimum Gasteiger partial charge on any atom is -0.550 e. The third kappa shape index (κ3) is 15.2. The smallest absolute Gasteiger partial charge is 0.550 e. The monoisotopic (exact) mass is 625 g/mol. The van der Waals surface area contributed by atoms with Crippen molar-refractivity contribution in [2.45, 2.75) is 99.6 Å². The molecule has 2 N–H and O–H groups in total. The van der Waals surface area contributed by atoms with E-state index in [1.807, 2.05) is 26.3 Å². The molecular formula is C33H46CoN2O6. The number of phenolic OH excluding ortho intramolecular Hbond substituents is 2. The van der Waals surface area contributed by atoms with Gasteiger partial charge in [-0.25, -0.2) is 0 Å². The van der Waals surface area contributed by atoms with Crippen molar-refractivity contribution in [3.63, 3.8) is 0 Å². The van der Waals surface area contributed by atoms with E-state index in [9.17, 15) is 10.2 Å². The van der Waals surface area contributed by atoms with E-state index in [4.69, 9.17) is 29.8 Å². The number of carbonyl (C=O) groups excluding carboxylic acids is 2. The molecule has 1 radical (unpaired) electrons. The molecule has 0 bridgehead atoms. The first-order valence-electron chi connectivity index (χ1n) is 14.1. The van der Waals surface area contributed by atoms with Crippen molar-refractivity contribution in [3.05, 3.63) is 57.6 Å². The third-order valence-corrected chi connectivity index (χ3v) is 6.29. The SMILES string of the molecule is CC(=O)[O-].CC(=O)[O-].Cc1cc(CC(C)C)cc(C=NC2CCC(N=Cc3cc(CC(C)C)cc(C)c3O)C2)c1O.[Co+2]. The van der Waals surface area contributed by atoms with Crippen LogP contribution in [0.5, 0.6) is 11.5 Å². The van der Waals surface area contributed by atoms with E-state index in [1.54, 1.807) is 0 Å². The molecule has 0 amide bonds. The molecular weight excluding hydrogens is 579 g/mol. The molecule has 0 saturated heterocycles. The summed E-state index contributed by atoms with van der Waals surface area (Å²) in [7, 11) is 0. The van der Waals surface area contributed by atoms with E-state index in [0.29, 0.717) is 23.3 Å². The van der Waals surface area contributed by atoms with Gasteiger partial charge in [-0.05, 0) is 106 Å². The summed E-state index contributed by atoms with van der Waals surface area (Å²) in [6.45, 7) is 14.7. The number of carbonyl (C=O) groups is 2.